The third-order valence-electron chi connectivity index (χ3n) is 4.52. The number of nitrogens with two attached hydrogens (primary N) is 2. The van der Waals surface area contributed by atoms with Gasteiger partial charge in [0, 0.05) is 29.2 Å². The molecule has 2 aromatic heterocycles. The minimum absolute atomic E-state index is 0.0949. The van der Waals surface area contributed by atoms with Gasteiger partial charge in [-0.05, 0) is 24.5 Å². The van der Waals surface area contributed by atoms with Crippen molar-refractivity contribution in [1.82, 2.24) is 14.5 Å². The van der Waals surface area contributed by atoms with Crippen LogP contribution < -0.4 is 17.3 Å². The number of benzene rings is 1. The molecule has 1 aromatic carbocycles. The molecule has 5 N–H and O–H groups in total. The highest BCUT2D eigenvalue weighted by molar-refractivity contribution is 6.02. The van der Waals surface area contributed by atoms with Crippen molar-refractivity contribution < 1.29 is 0 Å². The molecule has 0 atom stereocenters. The first-order valence-electron chi connectivity index (χ1n) is 8.99. The molecule has 0 aliphatic rings. The van der Waals surface area contributed by atoms with E-state index in [9.17, 15) is 4.79 Å². The number of unbranched alkanes of at least 4 members (excludes halogenated alkanes) is 1. The van der Waals surface area contributed by atoms with Gasteiger partial charge in [0.1, 0.15) is 0 Å². The smallest absolute Gasteiger partial charge is 0.326 e. The van der Waals surface area contributed by atoms with E-state index in [2.05, 4.69) is 22.0 Å². The summed E-state index contributed by atoms with van der Waals surface area (Å²) in [5, 5.41) is 3.58. The van der Waals surface area contributed by atoms with Crippen LogP contribution in [0.2, 0.25) is 0 Å². The van der Waals surface area contributed by atoms with Crippen molar-refractivity contribution in [2.75, 3.05) is 0 Å². The van der Waals surface area contributed by atoms with Gasteiger partial charge in [-0.15, -0.1) is 0 Å². The van der Waals surface area contributed by atoms with Crippen LogP contribution in [0.1, 0.15) is 36.6 Å². The molecule has 2 heterocycles. The summed E-state index contributed by atoms with van der Waals surface area (Å²) in [5.41, 5.74) is 10.1. The fourth-order valence-electron chi connectivity index (χ4n) is 3.03. The van der Waals surface area contributed by atoms with E-state index in [1.165, 1.54) is 0 Å². The number of imidazole rings is 1. The number of nitrogens with one attached hydrogen (secondary N) is 1. The maximum Gasteiger partial charge on any atom is 0.326 e. The summed E-state index contributed by atoms with van der Waals surface area (Å²) in [7, 11) is 0. The Labute approximate surface area is 157 Å². The highest BCUT2D eigenvalue weighted by atomic mass is 16.1. The topological polar surface area (TPSA) is 115 Å². The quantitative estimate of drug-likeness (QED) is 0.258. The Kier molecular flexibility index (Phi) is 5.71. The molecule has 7 nitrogen and oxygen atoms in total. The Bertz CT molecular complexity index is 984. The summed E-state index contributed by atoms with van der Waals surface area (Å²) in [6, 6.07) is 11.5. The van der Waals surface area contributed by atoms with E-state index >= 15 is 0 Å². The molecule has 0 saturated heterocycles. The standard InChI is InChI=1S/C20H24N6O/c1-2-3-6-15-12-24-20(27)26(15)13-14-9-10-18(23-11-14)16-7-4-5-8-17(16)19(21)25-22/h4-5,7-12H,2-3,6,13,22H2,1H3,(H2,21,25)(H,24,27). The summed E-state index contributed by atoms with van der Waals surface area (Å²) in [4.78, 5) is 19.4. The Hall–Kier alpha value is -3.35. The van der Waals surface area contributed by atoms with Crippen molar-refractivity contribution in [3.63, 3.8) is 0 Å². The lowest BCUT2D eigenvalue weighted by atomic mass is 10.0. The lowest BCUT2D eigenvalue weighted by Crippen LogP contribution is -2.20. The first-order chi connectivity index (χ1) is 13.1. The Morgan fingerprint density at radius 3 is 2.78 bits per heavy atom. The molecule has 3 aromatic rings. The number of H-pyrrole nitrogens is 1. The van der Waals surface area contributed by atoms with Gasteiger partial charge in [-0.2, -0.15) is 5.10 Å². The fraction of sp³-hybridized carbons (Fsp3) is 0.250. The third-order valence-corrected chi connectivity index (χ3v) is 4.52. The molecule has 0 radical (unpaired) electrons. The second kappa shape index (κ2) is 8.35. The molecule has 3 rings (SSSR count). The number of aromatic nitrogens is 3. The number of hydrazone groups is 1. The second-order valence-corrected chi connectivity index (χ2v) is 6.39. The van der Waals surface area contributed by atoms with E-state index in [4.69, 9.17) is 11.6 Å². The number of amidine groups is 1. The molecule has 0 amide bonds. The minimum atomic E-state index is -0.0949. The number of nitrogens with zero attached hydrogens (tertiary/aromatic N) is 3. The van der Waals surface area contributed by atoms with Gasteiger partial charge >= 0.3 is 5.69 Å². The van der Waals surface area contributed by atoms with Crippen molar-refractivity contribution in [2.24, 2.45) is 16.7 Å². The van der Waals surface area contributed by atoms with Gasteiger partial charge in [0.15, 0.2) is 5.84 Å². The number of aromatic amines is 1. The molecule has 7 heteroatoms. The van der Waals surface area contributed by atoms with Crippen LogP contribution in [-0.2, 0) is 13.0 Å². The van der Waals surface area contributed by atoms with Crippen molar-refractivity contribution in [3.05, 3.63) is 76.1 Å². The number of aryl methyl sites for hydroxylation is 1. The molecule has 140 valence electrons. The maximum absolute atomic E-state index is 12.1. The molecule has 0 spiro atoms. The molecule has 0 aliphatic heterocycles. The summed E-state index contributed by atoms with van der Waals surface area (Å²) in [6.07, 6.45) is 6.60. The number of rotatable bonds is 7. The highest BCUT2D eigenvalue weighted by Crippen LogP contribution is 2.22. The van der Waals surface area contributed by atoms with Gasteiger partial charge in [0.05, 0.1) is 12.2 Å². The van der Waals surface area contributed by atoms with Crippen LogP contribution in [0.5, 0.6) is 0 Å². The number of hydrogen-bond acceptors (Lipinski definition) is 4. The van der Waals surface area contributed by atoms with Crippen molar-refractivity contribution in [1.29, 1.82) is 0 Å². The van der Waals surface area contributed by atoms with Gasteiger partial charge in [0.25, 0.3) is 0 Å². The number of hydrogen-bond donors (Lipinski definition) is 3. The third kappa shape index (κ3) is 4.08. The Balaban J connectivity index is 1.86. The van der Waals surface area contributed by atoms with E-state index in [1.807, 2.05) is 36.4 Å². The molecular weight excluding hydrogens is 340 g/mol. The van der Waals surface area contributed by atoms with Crippen LogP contribution >= 0.6 is 0 Å². The molecular formula is C20H24N6O. The summed E-state index contributed by atoms with van der Waals surface area (Å²) in [5.74, 6) is 5.58. The Morgan fingerprint density at radius 2 is 2.07 bits per heavy atom. The van der Waals surface area contributed by atoms with Gasteiger partial charge in [-0.25, -0.2) is 4.79 Å². The normalized spacial score (nSPS) is 11.7. The van der Waals surface area contributed by atoms with Crippen LogP contribution in [0.15, 0.2) is 58.7 Å². The van der Waals surface area contributed by atoms with Crippen LogP contribution in [-0.4, -0.2) is 20.4 Å². The molecule has 0 aliphatic carbocycles. The first kappa shape index (κ1) is 18.4. The predicted octanol–water partition coefficient (Wildman–Crippen LogP) is 2.21. The average Bonchev–Trinajstić information content (AvgIpc) is 3.06. The Morgan fingerprint density at radius 1 is 1.26 bits per heavy atom. The average molecular weight is 364 g/mol. The van der Waals surface area contributed by atoms with E-state index < -0.39 is 0 Å². The minimum Gasteiger partial charge on any atom is -0.382 e. The van der Waals surface area contributed by atoms with E-state index in [-0.39, 0.29) is 11.5 Å². The van der Waals surface area contributed by atoms with Crippen LogP contribution in [0.4, 0.5) is 0 Å². The van der Waals surface area contributed by atoms with Gasteiger partial charge in [-0.1, -0.05) is 43.7 Å². The molecule has 0 fully saturated rings. The SMILES string of the molecule is CCCCc1c[nH]c(=O)n1Cc1ccc(-c2ccccc2/C(N)=N/N)nc1. The summed E-state index contributed by atoms with van der Waals surface area (Å²) in [6.45, 7) is 2.63. The molecule has 0 saturated carbocycles. The van der Waals surface area contributed by atoms with Gasteiger partial charge in [0.2, 0.25) is 0 Å². The van der Waals surface area contributed by atoms with Gasteiger partial charge in [-0.3, -0.25) is 9.55 Å². The molecule has 0 bridgehead atoms. The second-order valence-electron chi connectivity index (χ2n) is 6.39. The summed E-state index contributed by atoms with van der Waals surface area (Å²) < 4.78 is 1.76. The van der Waals surface area contributed by atoms with Crippen LogP contribution in [0, 0.1) is 0 Å². The molecule has 0 unspecified atom stereocenters. The lowest BCUT2D eigenvalue weighted by molar-refractivity contribution is 0.677. The zero-order valence-electron chi connectivity index (χ0n) is 15.4. The van der Waals surface area contributed by atoms with Crippen molar-refractivity contribution in [3.8, 4) is 11.3 Å². The zero-order chi connectivity index (χ0) is 19.2. The fourth-order valence-corrected chi connectivity index (χ4v) is 3.03. The van der Waals surface area contributed by atoms with E-state index in [1.54, 1.807) is 17.0 Å². The monoisotopic (exact) mass is 364 g/mol. The maximum atomic E-state index is 12.1. The van der Waals surface area contributed by atoms with E-state index in [0.717, 1.165) is 47.3 Å². The first-order valence-corrected chi connectivity index (χ1v) is 8.99. The lowest BCUT2D eigenvalue weighted by Gasteiger charge is -2.10. The van der Waals surface area contributed by atoms with Gasteiger partial charge < -0.3 is 16.6 Å². The molecule has 27 heavy (non-hydrogen) atoms. The van der Waals surface area contributed by atoms with Crippen molar-refractivity contribution >= 4 is 5.84 Å². The van der Waals surface area contributed by atoms with Crippen molar-refractivity contribution in [2.45, 2.75) is 32.7 Å². The van der Waals surface area contributed by atoms with E-state index in [0.29, 0.717) is 6.54 Å². The highest BCUT2D eigenvalue weighted by Gasteiger charge is 2.10. The largest absolute Gasteiger partial charge is 0.382 e. The number of pyridine rings is 1. The van der Waals surface area contributed by atoms with Crippen LogP contribution in [0.25, 0.3) is 11.3 Å². The summed E-state index contributed by atoms with van der Waals surface area (Å²) >= 11 is 0. The predicted molar refractivity (Wildman–Crippen MR) is 107 cm³/mol. The zero-order valence-corrected chi connectivity index (χ0v) is 15.4. The van der Waals surface area contributed by atoms with Crippen LogP contribution in [0.3, 0.4) is 0 Å².